The highest BCUT2D eigenvalue weighted by Crippen LogP contribution is 2.33. The molecule has 1 aliphatic heterocycles. The van der Waals surface area contributed by atoms with Crippen LogP contribution < -0.4 is 5.32 Å². The number of aromatic nitrogens is 2. The molecule has 2 atom stereocenters. The van der Waals surface area contributed by atoms with Gasteiger partial charge in [-0.15, -0.1) is 0 Å². The number of nitrogens with one attached hydrogen (secondary N) is 1. The lowest BCUT2D eigenvalue weighted by atomic mass is 9.97. The van der Waals surface area contributed by atoms with E-state index in [1.165, 1.54) is 5.56 Å². The number of nitrogens with zero attached hydrogens (tertiary/aromatic N) is 2. The third kappa shape index (κ3) is 2.62. The number of ether oxygens (including phenoxy) is 1. The van der Waals surface area contributed by atoms with E-state index in [1.807, 2.05) is 17.9 Å². The Morgan fingerprint density at radius 1 is 1.62 bits per heavy atom. The molecule has 1 fully saturated rings. The largest absolute Gasteiger partial charge is 0.373 e. The lowest BCUT2D eigenvalue weighted by Gasteiger charge is -2.19. The van der Waals surface area contributed by atoms with Gasteiger partial charge in [0.05, 0.1) is 12.3 Å². The van der Waals surface area contributed by atoms with Gasteiger partial charge in [0.2, 0.25) is 0 Å². The zero-order chi connectivity index (χ0) is 11.5. The summed E-state index contributed by atoms with van der Waals surface area (Å²) in [6.45, 7) is 6.24. The van der Waals surface area contributed by atoms with E-state index in [0.29, 0.717) is 12.0 Å². The quantitative estimate of drug-likeness (QED) is 0.840. The van der Waals surface area contributed by atoms with Gasteiger partial charge in [0, 0.05) is 43.9 Å². The molecule has 4 heteroatoms. The van der Waals surface area contributed by atoms with Gasteiger partial charge in [-0.05, 0) is 6.42 Å². The second kappa shape index (κ2) is 4.97. The van der Waals surface area contributed by atoms with Crippen molar-refractivity contribution in [2.24, 2.45) is 13.0 Å². The van der Waals surface area contributed by atoms with Crippen LogP contribution in [0.3, 0.4) is 0 Å². The maximum Gasteiger partial charge on any atom is 0.0896 e. The van der Waals surface area contributed by atoms with Gasteiger partial charge >= 0.3 is 0 Å². The van der Waals surface area contributed by atoms with Crippen molar-refractivity contribution < 1.29 is 4.74 Å². The summed E-state index contributed by atoms with van der Waals surface area (Å²) in [6, 6.07) is 0.537. The Kier molecular flexibility index (Phi) is 3.61. The van der Waals surface area contributed by atoms with Crippen molar-refractivity contribution in [3.05, 3.63) is 18.0 Å². The number of aryl methyl sites for hydroxylation is 1. The van der Waals surface area contributed by atoms with E-state index in [0.717, 1.165) is 19.6 Å². The third-order valence-electron chi connectivity index (χ3n) is 3.06. The molecule has 1 aromatic rings. The Balaban J connectivity index is 1.98. The van der Waals surface area contributed by atoms with Crippen molar-refractivity contribution in [1.82, 2.24) is 15.1 Å². The lowest BCUT2D eigenvalue weighted by molar-refractivity contribution is 0.0900. The molecule has 1 aliphatic rings. The zero-order valence-electron chi connectivity index (χ0n) is 10.3. The summed E-state index contributed by atoms with van der Waals surface area (Å²) in [5.74, 6) is 0.576. The first kappa shape index (κ1) is 11.6. The van der Waals surface area contributed by atoms with E-state index in [1.54, 1.807) is 0 Å². The maximum atomic E-state index is 5.80. The molecule has 0 radical (unpaired) electrons. The van der Waals surface area contributed by atoms with Crippen molar-refractivity contribution in [2.45, 2.75) is 32.4 Å². The Labute approximate surface area is 97.0 Å². The molecule has 0 bridgehead atoms. The van der Waals surface area contributed by atoms with Crippen LogP contribution in [0.5, 0.6) is 0 Å². The van der Waals surface area contributed by atoms with Gasteiger partial charge < -0.3 is 10.1 Å². The van der Waals surface area contributed by atoms with Crippen molar-refractivity contribution >= 4 is 0 Å². The molecule has 2 heterocycles. The van der Waals surface area contributed by atoms with E-state index in [9.17, 15) is 0 Å². The fourth-order valence-corrected chi connectivity index (χ4v) is 2.19. The van der Waals surface area contributed by atoms with Gasteiger partial charge in [-0.1, -0.05) is 13.8 Å². The summed E-state index contributed by atoms with van der Waals surface area (Å²) < 4.78 is 7.64. The summed E-state index contributed by atoms with van der Waals surface area (Å²) in [4.78, 5) is 0. The third-order valence-corrected chi connectivity index (χ3v) is 3.06. The van der Waals surface area contributed by atoms with Crippen LogP contribution in [-0.4, -0.2) is 29.0 Å². The van der Waals surface area contributed by atoms with E-state index in [4.69, 9.17) is 4.74 Å². The number of hydrogen-bond donors (Lipinski definition) is 1. The molecule has 2 rings (SSSR count). The van der Waals surface area contributed by atoms with Crippen LogP contribution >= 0.6 is 0 Å². The smallest absolute Gasteiger partial charge is 0.0896 e. The van der Waals surface area contributed by atoms with Crippen LogP contribution in [0.25, 0.3) is 0 Å². The van der Waals surface area contributed by atoms with E-state index in [-0.39, 0.29) is 6.10 Å². The average Bonchev–Trinajstić information content (AvgIpc) is 2.82. The second-order valence-corrected chi connectivity index (χ2v) is 4.85. The zero-order valence-corrected chi connectivity index (χ0v) is 10.3. The molecule has 0 aromatic carbocycles. The minimum atomic E-state index is 0.222. The molecule has 0 saturated carbocycles. The summed E-state index contributed by atoms with van der Waals surface area (Å²) in [7, 11) is 1.94. The van der Waals surface area contributed by atoms with Gasteiger partial charge in [0.1, 0.15) is 0 Å². The van der Waals surface area contributed by atoms with Gasteiger partial charge in [-0.2, -0.15) is 5.10 Å². The Morgan fingerprint density at radius 3 is 3.06 bits per heavy atom. The molecule has 1 N–H and O–H groups in total. The molecule has 2 unspecified atom stereocenters. The van der Waals surface area contributed by atoms with Crippen LogP contribution in [0, 0.1) is 5.92 Å². The van der Waals surface area contributed by atoms with Gasteiger partial charge in [-0.25, -0.2) is 0 Å². The monoisotopic (exact) mass is 223 g/mol. The average molecular weight is 223 g/mol. The van der Waals surface area contributed by atoms with Crippen LogP contribution in [0.4, 0.5) is 0 Å². The fraction of sp³-hybridized carbons (Fsp3) is 0.750. The van der Waals surface area contributed by atoms with Crippen molar-refractivity contribution in [2.75, 3.05) is 13.2 Å². The van der Waals surface area contributed by atoms with Crippen LogP contribution in [-0.2, 0) is 11.8 Å². The van der Waals surface area contributed by atoms with E-state index >= 15 is 0 Å². The summed E-state index contributed by atoms with van der Waals surface area (Å²) >= 11 is 0. The highest BCUT2D eigenvalue weighted by atomic mass is 16.5. The lowest BCUT2D eigenvalue weighted by Crippen LogP contribution is -2.30. The van der Waals surface area contributed by atoms with E-state index in [2.05, 4.69) is 30.5 Å². The van der Waals surface area contributed by atoms with Crippen LogP contribution in [0.15, 0.2) is 12.4 Å². The number of hydrogen-bond acceptors (Lipinski definition) is 3. The summed E-state index contributed by atoms with van der Waals surface area (Å²) in [6.07, 6.45) is 5.33. The van der Waals surface area contributed by atoms with Crippen LogP contribution in [0.1, 0.15) is 31.9 Å². The standard InChI is InChI=1S/C12H21N3O/c1-9(2)13-6-10-4-5-16-12(10)11-7-14-15(3)8-11/h7-10,12-13H,4-6H2,1-3H3. The summed E-state index contributed by atoms with van der Waals surface area (Å²) in [5.41, 5.74) is 1.20. The fourth-order valence-electron chi connectivity index (χ4n) is 2.19. The second-order valence-electron chi connectivity index (χ2n) is 4.85. The normalized spacial score (nSPS) is 25.5. The highest BCUT2D eigenvalue weighted by Gasteiger charge is 2.30. The molecule has 90 valence electrons. The number of rotatable bonds is 4. The molecule has 1 saturated heterocycles. The minimum absolute atomic E-state index is 0.222. The Morgan fingerprint density at radius 2 is 2.44 bits per heavy atom. The van der Waals surface area contributed by atoms with Crippen molar-refractivity contribution in [1.29, 1.82) is 0 Å². The minimum Gasteiger partial charge on any atom is -0.373 e. The topological polar surface area (TPSA) is 39.1 Å². The Bertz CT molecular complexity index is 335. The molecule has 1 aromatic heterocycles. The van der Waals surface area contributed by atoms with Gasteiger partial charge in [0.25, 0.3) is 0 Å². The molecular formula is C12H21N3O. The van der Waals surface area contributed by atoms with Gasteiger partial charge in [0.15, 0.2) is 0 Å². The molecular weight excluding hydrogens is 202 g/mol. The maximum absolute atomic E-state index is 5.80. The van der Waals surface area contributed by atoms with Crippen LogP contribution in [0.2, 0.25) is 0 Å². The molecule has 0 spiro atoms. The molecule has 0 aliphatic carbocycles. The summed E-state index contributed by atoms with van der Waals surface area (Å²) in [5, 5.41) is 7.69. The van der Waals surface area contributed by atoms with E-state index < -0.39 is 0 Å². The highest BCUT2D eigenvalue weighted by molar-refractivity contribution is 5.11. The first-order valence-corrected chi connectivity index (χ1v) is 6.00. The SMILES string of the molecule is CC(C)NCC1CCOC1c1cnn(C)c1. The molecule has 4 nitrogen and oxygen atoms in total. The first-order valence-electron chi connectivity index (χ1n) is 6.00. The predicted octanol–water partition coefficient (Wildman–Crippen LogP) is 1.50. The molecule has 0 amide bonds. The predicted molar refractivity (Wildman–Crippen MR) is 63.1 cm³/mol. The van der Waals surface area contributed by atoms with Crippen molar-refractivity contribution in [3.63, 3.8) is 0 Å². The molecule has 16 heavy (non-hydrogen) atoms. The first-order chi connectivity index (χ1) is 7.66. The Hall–Kier alpha value is -0.870. The van der Waals surface area contributed by atoms with Gasteiger partial charge in [-0.3, -0.25) is 4.68 Å². The van der Waals surface area contributed by atoms with Crippen molar-refractivity contribution in [3.8, 4) is 0 Å².